The predicted molar refractivity (Wildman–Crippen MR) is 156 cm³/mol. The fourth-order valence-corrected chi connectivity index (χ4v) is 6.25. The van der Waals surface area contributed by atoms with Gasteiger partial charge >= 0.3 is 5.97 Å². The summed E-state index contributed by atoms with van der Waals surface area (Å²) < 4.78 is 12.2. The summed E-state index contributed by atoms with van der Waals surface area (Å²) in [5, 5.41) is 2.14. The topological polar surface area (TPSA) is 59.1 Å². The van der Waals surface area contributed by atoms with Crippen molar-refractivity contribution in [1.29, 1.82) is 0 Å². The molecule has 2 heterocycles. The van der Waals surface area contributed by atoms with Crippen LogP contribution in [-0.4, -0.2) is 61.5 Å². The quantitative estimate of drug-likeness (QED) is 0.216. The Labute approximate surface area is 241 Å². The number of halogens is 2. The van der Waals surface area contributed by atoms with E-state index in [0.717, 1.165) is 34.3 Å². The summed E-state index contributed by atoms with van der Waals surface area (Å²) in [6.07, 6.45) is -0.193. The van der Waals surface area contributed by atoms with Gasteiger partial charge in [-0.2, -0.15) is 0 Å². The molecule has 1 amide bonds. The molecule has 1 fully saturated rings. The number of ether oxygens (including phenoxy) is 2. The predicted octanol–water partition coefficient (Wildman–Crippen LogP) is 6.71. The van der Waals surface area contributed by atoms with Gasteiger partial charge in [0.25, 0.3) is 5.91 Å². The normalized spacial score (nSPS) is 14.9. The van der Waals surface area contributed by atoms with E-state index in [9.17, 15) is 9.59 Å². The Bertz CT molecular complexity index is 1450. The van der Waals surface area contributed by atoms with E-state index in [4.69, 9.17) is 32.7 Å². The van der Waals surface area contributed by atoms with E-state index in [1.165, 1.54) is 18.4 Å². The van der Waals surface area contributed by atoms with Crippen molar-refractivity contribution in [2.24, 2.45) is 0 Å². The number of amides is 1. The summed E-state index contributed by atoms with van der Waals surface area (Å²) in [7, 11) is 1.37. The molecule has 1 aromatic heterocycles. The van der Waals surface area contributed by atoms with Gasteiger partial charge in [0.2, 0.25) is 0 Å². The molecule has 0 N–H and O–H groups in total. The Morgan fingerprint density at radius 1 is 0.923 bits per heavy atom. The van der Waals surface area contributed by atoms with E-state index in [0.29, 0.717) is 46.7 Å². The number of carbonyl (C=O) groups is 2. The standard InChI is InChI=1S/C30H28Cl2N2O4S/c1-37-30(36)22-8-6-20(7-9-22)19-38-25(21-10-12-23(31)13-11-21)18-33-14-16-34(17-15-33)29(35)28-27(32)24-4-2-3-5-26(24)39-28/h2-13,25H,14-19H2,1H3. The van der Waals surface area contributed by atoms with Crippen molar-refractivity contribution in [3.8, 4) is 0 Å². The summed E-state index contributed by atoms with van der Waals surface area (Å²) in [6.45, 7) is 3.76. The highest BCUT2D eigenvalue weighted by molar-refractivity contribution is 7.21. The molecule has 202 valence electrons. The van der Waals surface area contributed by atoms with Crippen molar-refractivity contribution < 1.29 is 19.1 Å². The van der Waals surface area contributed by atoms with Gasteiger partial charge in [0, 0.05) is 47.8 Å². The molecule has 4 aromatic rings. The third-order valence-corrected chi connectivity index (χ3v) is 8.80. The number of fused-ring (bicyclic) bond motifs is 1. The van der Waals surface area contributed by atoms with Crippen molar-refractivity contribution in [2.75, 3.05) is 39.8 Å². The number of carbonyl (C=O) groups excluding carboxylic acids is 2. The Morgan fingerprint density at radius 3 is 2.28 bits per heavy atom. The third-order valence-electron chi connectivity index (χ3n) is 6.88. The van der Waals surface area contributed by atoms with Crippen LogP contribution in [0.4, 0.5) is 0 Å². The SMILES string of the molecule is COC(=O)c1ccc(COC(CN2CCN(C(=O)c3sc4ccccc4c3Cl)CC2)c2ccc(Cl)cc2)cc1. The van der Waals surface area contributed by atoms with Crippen molar-refractivity contribution in [3.05, 3.63) is 104 Å². The van der Waals surface area contributed by atoms with E-state index in [2.05, 4.69) is 4.90 Å². The molecule has 0 radical (unpaired) electrons. The van der Waals surface area contributed by atoms with Gasteiger partial charge in [0.05, 0.1) is 30.4 Å². The van der Waals surface area contributed by atoms with Crippen LogP contribution in [0.2, 0.25) is 10.0 Å². The van der Waals surface area contributed by atoms with Gasteiger partial charge in [0.1, 0.15) is 4.88 Å². The van der Waals surface area contributed by atoms with E-state index in [-0.39, 0.29) is 18.0 Å². The molecule has 1 unspecified atom stereocenters. The fourth-order valence-electron chi connectivity index (χ4n) is 4.65. The zero-order valence-electron chi connectivity index (χ0n) is 21.4. The van der Waals surface area contributed by atoms with Crippen LogP contribution in [0.15, 0.2) is 72.8 Å². The van der Waals surface area contributed by atoms with Crippen LogP contribution in [0.3, 0.4) is 0 Å². The highest BCUT2D eigenvalue weighted by atomic mass is 35.5. The number of methoxy groups -OCH3 is 1. The zero-order chi connectivity index (χ0) is 27.4. The first kappa shape index (κ1) is 27.6. The van der Waals surface area contributed by atoms with Crippen molar-refractivity contribution >= 4 is 56.5 Å². The van der Waals surface area contributed by atoms with Gasteiger partial charge in [-0.15, -0.1) is 11.3 Å². The second-order valence-corrected chi connectivity index (χ2v) is 11.2. The first-order chi connectivity index (χ1) is 18.9. The maximum Gasteiger partial charge on any atom is 0.337 e. The maximum atomic E-state index is 13.3. The van der Waals surface area contributed by atoms with Crippen molar-refractivity contribution in [3.63, 3.8) is 0 Å². The summed E-state index contributed by atoms with van der Waals surface area (Å²) in [5.41, 5.74) is 2.48. The second-order valence-electron chi connectivity index (χ2n) is 9.37. The van der Waals surface area contributed by atoms with Crippen molar-refractivity contribution in [2.45, 2.75) is 12.7 Å². The Balaban J connectivity index is 1.22. The molecular formula is C30H28Cl2N2O4S. The molecule has 9 heteroatoms. The molecule has 0 saturated carbocycles. The van der Waals surface area contributed by atoms with E-state index in [1.807, 2.05) is 65.6 Å². The van der Waals surface area contributed by atoms with Crippen LogP contribution in [-0.2, 0) is 16.1 Å². The van der Waals surface area contributed by atoms with Gasteiger partial charge in [0.15, 0.2) is 0 Å². The number of thiophene rings is 1. The largest absolute Gasteiger partial charge is 0.465 e. The lowest BCUT2D eigenvalue weighted by Gasteiger charge is -2.36. The number of hydrogen-bond acceptors (Lipinski definition) is 6. The lowest BCUT2D eigenvalue weighted by molar-refractivity contribution is 0.00346. The molecule has 5 rings (SSSR count). The number of nitrogens with zero attached hydrogens (tertiary/aromatic N) is 2. The molecule has 3 aromatic carbocycles. The fraction of sp³-hybridized carbons (Fsp3) is 0.267. The number of rotatable bonds is 8. The Kier molecular flexibility index (Phi) is 8.85. The van der Waals surface area contributed by atoms with E-state index >= 15 is 0 Å². The van der Waals surface area contributed by atoms with Crippen LogP contribution in [0, 0.1) is 0 Å². The van der Waals surface area contributed by atoms with Crippen molar-refractivity contribution in [1.82, 2.24) is 9.80 Å². The lowest BCUT2D eigenvalue weighted by atomic mass is 10.1. The number of hydrogen-bond donors (Lipinski definition) is 0. The maximum absolute atomic E-state index is 13.3. The zero-order valence-corrected chi connectivity index (χ0v) is 23.8. The molecule has 1 aliphatic heterocycles. The Morgan fingerprint density at radius 2 is 1.62 bits per heavy atom. The highest BCUT2D eigenvalue weighted by Crippen LogP contribution is 2.36. The first-order valence-corrected chi connectivity index (χ1v) is 14.2. The van der Waals surface area contributed by atoms with Gasteiger partial charge in [-0.1, -0.05) is 65.7 Å². The number of esters is 1. The third kappa shape index (κ3) is 6.45. The average Bonchev–Trinajstić information content (AvgIpc) is 3.32. The number of benzene rings is 3. The summed E-state index contributed by atoms with van der Waals surface area (Å²) in [5.74, 6) is -0.379. The molecule has 1 atom stereocenters. The highest BCUT2D eigenvalue weighted by Gasteiger charge is 2.27. The number of piperazine rings is 1. The molecule has 0 spiro atoms. The van der Waals surface area contributed by atoms with Gasteiger partial charge in [-0.25, -0.2) is 4.79 Å². The minimum atomic E-state index is -0.367. The van der Waals surface area contributed by atoms with Crippen LogP contribution >= 0.6 is 34.5 Å². The van der Waals surface area contributed by atoms with Gasteiger partial charge < -0.3 is 14.4 Å². The van der Waals surface area contributed by atoms with E-state index in [1.54, 1.807) is 12.1 Å². The van der Waals surface area contributed by atoms with Gasteiger partial charge in [-0.05, 0) is 41.5 Å². The molecule has 1 aliphatic rings. The molecule has 0 bridgehead atoms. The lowest BCUT2D eigenvalue weighted by Crippen LogP contribution is -2.49. The summed E-state index contributed by atoms with van der Waals surface area (Å²) in [4.78, 5) is 29.8. The van der Waals surface area contributed by atoms with Gasteiger partial charge in [-0.3, -0.25) is 9.69 Å². The monoisotopic (exact) mass is 582 g/mol. The summed E-state index contributed by atoms with van der Waals surface area (Å²) in [6, 6.07) is 22.7. The molecular weight excluding hydrogens is 555 g/mol. The Hall–Kier alpha value is -2.94. The molecule has 39 heavy (non-hydrogen) atoms. The van der Waals surface area contributed by atoms with Crippen LogP contribution in [0.25, 0.3) is 10.1 Å². The van der Waals surface area contributed by atoms with Crippen LogP contribution < -0.4 is 0 Å². The minimum absolute atomic E-state index is 0.0123. The van der Waals surface area contributed by atoms with Crippen LogP contribution in [0.1, 0.15) is 37.3 Å². The van der Waals surface area contributed by atoms with E-state index < -0.39 is 0 Å². The minimum Gasteiger partial charge on any atom is -0.465 e. The average molecular weight is 584 g/mol. The first-order valence-electron chi connectivity index (χ1n) is 12.7. The summed E-state index contributed by atoms with van der Waals surface area (Å²) >= 11 is 14.2. The smallest absolute Gasteiger partial charge is 0.337 e. The molecule has 1 saturated heterocycles. The van der Waals surface area contributed by atoms with Crippen LogP contribution in [0.5, 0.6) is 0 Å². The second kappa shape index (κ2) is 12.5. The molecule has 6 nitrogen and oxygen atoms in total. The molecule has 0 aliphatic carbocycles.